The van der Waals surface area contributed by atoms with E-state index < -0.39 is 0 Å². The third kappa shape index (κ3) is 3.99. The summed E-state index contributed by atoms with van der Waals surface area (Å²) in [5.74, 6) is 3.73. The molecule has 2 aromatic rings. The van der Waals surface area contributed by atoms with Gasteiger partial charge in [0.1, 0.15) is 23.0 Å². The van der Waals surface area contributed by atoms with Crippen molar-refractivity contribution in [1.29, 1.82) is 0 Å². The van der Waals surface area contributed by atoms with Crippen molar-refractivity contribution in [1.82, 2.24) is 9.80 Å². The largest absolute Gasteiger partial charge is 0.497 e. The fourth-order valence-electron chi connectivity index (χ4n) is 4.82. The molecule has 2 fully saturated rings. The highest BCUT2D eigenvalue weighted by atomic mass is 16.5. The van der Waals surface area contributed by atoms with Gasteiger partial charge in [-0.15, -0.1) is 0 Å². The summed E-state index contributed by atoms with van der Waals surface area (Å²) in [6.45, 7) is 2.98. The van der Waals surface area contributed by atoms with Crippen LogP contribution >= 0.6 is 0 Å². The number of benzene rings is 2. The van der Waals surface area contributed by atoms with Gasteiger partial charge in [-0.2, -0.15) is 0 Å². The van der Waals surface area contributed by atoms with E-state index in [1.807, 2.05) is 42.5 Å². The number of fused-ring (bicyclic) bond motifs is 2. The SMILES string of the molecule is COc1ccc2c(c1)C(N1CCN(C(=O)C3CCCCC3)CC1)=Nc1ccccc1O2. The van der Waals surface area contributed by atoms with Gasteiger partial charge in [-0.25, -0.2) is 4.99 Å². The summed E-state index contributed by atoms with van der Waals surface area (Å²) in [5.41, 5.74) is 1.73. The molecule has 0 radical (unpaired) electrons. The highest BCUT2D eigenvalue weighted by molar-refractivity contribution is 6.04. The lowest BCUT2D eigenvalue weighted by Gasteiger charge is -2.38. The van der Waals surface area contributed by atoms with Gasteiger partial charge in [-0.1, -0.05) is 31.4 Å². The molecule has 2 aromatic carbocycles. The zero-order valence-corrected chi connectivity index (χ0v) is 18.0. The number of ether oxygens (including phenoxy) is 2. The molecule has 1 amide bonds. The molecule has 0 unspecified atom stereocenters. The second-order valence-corrected chi connectivity index (χ2v) is 8.51. The number of amides is 1. The van der Waals surface area contributed by atoms with Crippen molar-refractivity contribution >= 4 is 17.4 Å². The number of aliphatic imine (C=N–C) groups is 1. The maximum Gasteiger partial charge on any atom is 0.225 e. The summed E-state index contributed by atoms with van der Waals surface area (Å²) >= 11 is 0. The fraction of sp³-hybridized carbons (Fsp3) is 0.440. The van der Waals surface area contributed by atoms with Crippen LogP contribution in [0.3, 0.4) is 0 Å². The van der Waals surface area contributed by atoms with Crippen molar-refractivity contribution in [3.63, 3.8) is 0 Å². The van der Waals surface area contributed by atoms with E-state index in [4.69, 9.17) is 14.5 Å². The summed E-state index contributed by atoms with van der Waals surface area (Å²) in [5, 5.41) is 0. The number of nitrogens with zero attached hydrogens (tertiary/aromatic N) is 3. The Morgan fingerprint density at radius 2 is 1.77 bits per heavy atom. The van der Waals surface area contributed by atoms with E-state index in [1.54, 1.807) is 7.11 Å². The Balaban J connectivity index is 1.40. The molecule has 1 aliphatic carbocycles. The van der Waals surface area contributed by atoms with Crippen LogP contribution in [0, 0.1) is 5.92 Å². The second kappa shape index (κ2) is 8.61. The summed E-state index contributed by atoms with van der Waals surface area (Å²) in [4.78, 5) is 22.3. The molecule has 2 aliphatic heterocycles. The predicted molar refractivity (Wildman–Crippen MR) is 120 cm³/mol. The molecule has 0 N–H and O–H groups in total. The molecular weight excluding hydrogens is 390 g/mol. The summed E-state index contributed by atoms with van der Waals surface area (Å²) in [7, 11) is 1.67. The Bertz CT molecular complexity index is 989. The van der Waals surface area contributed by atoms with Crippen LogP contribution in [-0.2, 0) is 4.79 Å². The van der Waals surface area contributed by atoms with Crippen LogP contribution in [0.4, 0.5) is 5.69 Å². The van der Waals surface area contributed by atoms with Crippen LogP contribution in [-0.4, -0.2) is 54.8 Å². The molecule has 162 valence electrons. The highest BCUT2D eigenvalue weighted by Gasteiger charge is 2.31. The van der Waals surface area contributed by atoms with E-state index >= 15 is 0 Å². The van der Waals surface area contributed by atoms with Gasteiger partial charge in [0.15, 0.2) is 5.75 Å². The van der Waals surface area contributed by atoms with Gasteiger partial charge in [-0.3, -0.25) is 4.79 Å². The van der Waals surface area contributed by atoms with Crippen molar-refractivity contribution in [3.8, 4) is 17.2 Å². The van der Waals surface area contributed by atoms with Crippen LogP contribution < -0.4 is 9.47 Å². The molecule has 5 rings (SSSR count). The van der Waals surface area contributed by atoms with Crippen LogP contribution in [0.5, 0.6) is 17.2 Å². The first-order valence-electron chi connectivity index (χ1n) is 11.3. The minimum absolute atomic E-state index is 0.223. The molecule has 31 heavy (non-hydrogen) atoms. The lowest BCUT2D eigenvalue weighted by molar-refractivity contribution is -0.137. The van der Waals surface area contributed by atoms with Crippen LogP contribution in [0.2, 0.25) is 0 Å². The smallest absolute Gasteiger partial charge is 0.225 e. The number of amidine groups is 1. The number of hydrogen-bond donors (Lipinski definition) is 0. The number of carbonyl (C=O) groups excluding carboxylic acids is 1. The Morgan fingerprint density at radius 3 is 2.55 bits per heavy atom. The summed E-state index contributed by atoms with van der Waals surface area (Å²) in [6.07, 6.45) is 5.74. The van der Waals surface area contributed by atoms with Gasteiger partial charge in [0.05, 0.1) is 12.7 Å². The normalized spacial score (nSPS) is 18.9. The maximum absolute atomic E-state index is 13.0. The topological polar surface area (TPSA) is 54.4 Å². The molecular formula is C25H29N3O3. The molecule has 0 aromatic heterocycles. The number of hydrogen-bond acceptors (Lipinski definition) is 5. The van der Waals surface area contributed by atoms with Crippen LogP contribution in [0.25, 0.3) is 0 Å². The first-order chi connectivity index (χ1) is 15.2. The average molecular weight is 420 g/mol. The highest BCUT2D eigenvalue weighted by Crippen LogP contribution is 2.39. The van der Waals surface area contributed by atoms with Gasteiger partial charge >= 0.3 is 0 Å². The molecule has 3 aliphatic rings. The predicted octanol–water partition coefficient (Wildman–Crippen LogP) is 4.60. The second-order valence-electron chi connectivity index (χ2n) is 8.51. The van der Waals surface area contributed by atoms with E-state index in [9.17, 15) is 4.79 Å². The fourth-order valence-corrected chi connectivity index (χ4v) is 4.82. The van der Waals surface area contributed by atoms with Gasteiger partial charge in [-0.05, 0) is 43.2 Å². The zero-order chi connectivity index (χ0) is 21.2. The van der Waals surface area contributed by atoms with Crippen molar-refractivity contribution in [3.05, 3.63) is 48.0 Å². The van der Waals surface area contributed by atoms with Crippen molar-refractivity contribution in [2.24, 2.45) is 10.9 Å². The number of para-hydroxylation sites is 2. The summed E-state index contributed by atoms with van der Waals surface area (Å²) < 4.78 is 11.7. The zero-order valence-electron chi connectivity index (χ0n) is 18.0. The van der Waals surface area contributed by atoms with Crippen molar-refractivity contribution in [2.45, 2.75) is 32.1 Å². The first-order valence-corrected chi connectivity index (χ1v) is 11.3. The van der Waals surface area contributed by atoms with Gasteiger partial charge in [0.25, 0.3) is 0 Å². The Kier molecular flexibility index (Phi) is 5.53. The van der Waals surface area contributed by atoms with E-state index in [-0.39, 0.29) is 5.92 Å². The standard InChI is InChI=1S/C25H29N3O3/c1-30-19-11-12-22-20(17-19)24(26-21-9-5-6-10-23(21)31-22)27-13-15-28(16-14-27)25(29)18-7-3-2-4-8-18/h5-6,9-12,17-18H,2-4,7-8,13-16H2,1H3. The van der Waals surface area contributed by atoms with E-state index in [0.29, 0.717) is 5.91 Å². The minimum atomic E-state index is 0.223. The first kappa shape index (κ1) is 19.9. The minimum Gasteiger partial charge on any atom is -0.497 e. The lowest BCUT2D eigenvalue weighted by Crippen LogP contribution is -2.52. The molecule has 6 nitrogen and oxygen atoms in total. The molecule has 0 atom stereocenters. The van der Waals surface area contributed by atoms with E-state index in [1.165, 1.54) is 19.3 Å². The number of methoxy groups -OCH3 is 1. The average Bonchev–Trinajstić information content (AvgIpc) is 3.00. The maximum atomic E-state index is 13.0. The molecule has 0 bridgehead atoms. The Hall–Kier alpha value is -3.02. The quantitative estimate of drug-likeness (QED) is 0.714. The Morgan fingerprint density at radius 1 is 1.00 bits per heavy atom. The monoisotopic (exact) mass is 419 g/mol. The third-order valence-electron chi connectivity index (χ3n) is 6.58. The van der Waals surface area contributed by atoms with E-state index in [0.717, 1.165) is 73.4 Å². The number of rotatable bonds is 2. The van der Waals surface area contributed by atoms with Gasteiger partial charge in [0.2, 0.25) is 5.91 Å². The van der Waals surface area contributed by atoms with Crippen LogP contribution in [0.1, 0.15) is 37.7 Å². The molecule has 1 saturated carbocycles. The molecule has 6 heteroatoms. The Labute approximate surface area is 183 Å². The van der Waals surface area contributed by atoms with E-state index in [2.05, 4.69) is 9.80 Å². The molecule has 0 spiro atoms. The van der Waals surface area contributed by atoms with Gasteiger partial charge in [0, 0.05) is 32.1 Å². The third-order valence-corrected chi connectivity index (χ3v) is 6.58. The lowest BCUT2D eigenvalue weighted by atomic mass is 9.88. The van der Waals surface area contributed by atoms with Crippen LogP contribution in [0.15, 0.2) is 47.5 Å². The summed E-state index contributed by atoms with van der Waals surface area (Å²) in [6, 6.07) is 13.7. The van der Waals surface area contributed by atoms with Gasteiger partial charge < -0.3 is 19.3 Å². The van der Waals surface area contributed by atoms with Crippen molar-refractivity contribution in [2.75, 3.05) is 33.3 Å². The molecule has 2 heterocycles. The van der Waals surface area contributed by atoms with Crippen molar-refractivity contribution < 1.29 is 14.3 Å². The number of carbonyl (C=O) groups is 1. The number of piperazine rings is 1. The molecule has 1 saturated heterocycles.